The van der Waals surface area contributed by atoms with Crippen molar-refractivity contribution in [3.05, 3.63) is 39.7 Å². The average molecular weight is 293 g/mol. The van der Waals surface area contributed by atoms with Gasteiger partial charge in [-0.2, -0.15) is 5.16 Å². The van der Waals surface area contributed by atoms with E-state index in [4.69, 9.17) is 13.8 Å². The fourth-order valence-electron chi connectivity index (χ4n) is 2.36. The van der Waals surface area contributed by atoms with E-state index < -0.39 is 11.5 Å². The lowest BCUT2D eigenvalue weighted by molar-refractivity contribution is 0.0887. The minimum absolute atomic E-state index is 0.0406. The second kappa shape index (κ2) is 5.57. The van der Waals surface area contributed by atoms with E-state index in [1.807, 2.05) is 13.0 Å². The Morgan fingerprint density at radius 3 is 3.00 bits per heavy atom. The first-order valence-corrected chi connectivity index (χ1v) is 6.61. The van der Waals surface area contributed by atoms with Crippen LogP contribution in [0, 0.1) is 12.8 Å². The van der Waals surface area contributed by atoms with E-state index in [1.54, 1.807) is 0 Å². The molecule has 1 saturated heterocycles. The molecule has 2 aromatic heterocycles. The Morgan fingerprint density at radius 2 is 2.33 bits per heavy atom. The van der Waals surface area contributed by atoms with Gasteiger partial charge in [-0.05, 0) is 6.92 Å². The molecule has 1 fully saturated rings. The predicted octanol–water partition coefficient (Wildman–Crippen LogP) is 0.252. The van der Waals surface area contributed by atoms with Crippen LogP contribution in [0.15, 0.2) is 26.0 Å². The molecule has 2 N–H and O–H groups in total. The first kappa shape index (κ1) is 13.6. The van der Waals surface area contributed by atoms with E-state index >= 15 is 0 Å². The second-order valence-corrected chi connectivity index (χ2v) is 5.09. The summed E-state index contributed by atoms with van der Waals surface area (Å²) in [6, 6.07) is 2.81. The molecule has 0 aliphatic carbocycles. The zero-order valence-corrected chi connectivity index (χ0v) is 11.4. The number of nitrogens with zero attached hydrogens (tertiary/aromatic N) is 1. The summed E-state index contributed by atoms with van der Waals surface area (Å²) in [7, 11) is 0. The van der Waals surface area contributed by atoms with Crippen LogP contribution in [0.4, 0.5) is 0 Å². The Bertz CT molecular complexity index is 686. The summed E-state index contributed by atoms with van der Waals surface area (Å²) in [5.74, 6) is 0.367. The number of aromatic nitrogens is 2. The van der Waals surface area contributed by atoms with Gasteiger partial charge in [0.2, 0.25) is 5.76 Å². The first-order chi connectivity index (χ1) is 10.1. The van der Waals surface area contributed by atoms with Gasteiger partial charge in [-0.15, -0.1) is 0 Å². The summed E-state index contributed by atoms with van der Waals surface area (Å²) in [5, 5.41) is 8.73. The molecular formula is C13H15N3O5. The number of amides is 1. The number of hydrogen-bond donors (Lipinski definition) is 2. The largest absolute Gasteiger partial charge is 0.379 e. The van der Waals surface area contributed by atoms with Crippen LogP contribution in [0.2, 0.25) is 0 Å². The van der Waals surface area contributed by atoms with Gasteiger partial charge >= 0.3 is 0 Å². The zero-order chi connectivity index (χ0) is 14.8. The maximum absolute atomic E-state index is 12.0. The van der Waals surface area contributed by atoms with Gasteiger partial charge in [0.1, 0.15) is 5.76 Å². The summed E-state index contributed by atoms with van der Waals surface area (Å²) in [4.78, 5) is 22.9. The number of carbonyl (C=O) groups is 1. The van der Waals surface area contributed by atoms with Crippen LogP contribution in [0.3, 0.4) is 0 Å². The van der Waals surface area contributed by atoms with Gasteiger partial charge < -0.3 is 19.1 Å². The van der Waals surface area contributed by atoms with Crippen molar-refractivity contribution in [1.29, 1.82) is 0 Å². The van der Waals surface area contributed by atoms with Gasteiger partial charge in [0.15, 0.2) is 0 Å². The molecule has 2 atom stereocenters. The Balaban J connectivity index is 1.64. The fourth-order valence-corrected chi connectivity index (χ4v) is 2.36. The lowest BCUT2D eigenvalue weighted by atomic mass is 9.98. The topological polar surface area (TPSA) is 110 Å². The average Bonchev–Trinajstić information content (AvgIpc) is 3.14. The number of rotatable bonds is 4. The minimum Gasteiger partial charge on any atom is -0.379 e. The van der Waals surface area contributed by atoms with E-state index in [2.05, 4.69) is 15.6 Å². The molecule has 0 aromatic carbocycles. The molecule has 0 saturated carbocycles. The maximum atomic E-state index is 12.0. The molecule has 1 amide bonds. The molecule has 8 nitrogen and oxygen atoms in total. The molecule has 8 heteroatoms. The smallest absolute Gasteiger partial charge is 0.290 e. The third-order valence-corrected chi connectivity index (χ3v) is 3.40. The molecule has 1 aliphatic rings. The third-order valence-electron chi connectivity index (χ3n) is 3.40. The number of carbonyl (C=O) groups excluding carboxylic acids is 1. The standard InChI is InChI=1S/C13H15N3O5/c1-7-2-9(20-15-7)3-8-5-19-6-10(8)14-13(18)11-4-12(17)16-21-11/h2,4,8,10H,3,5-6H2,1H3,(H,14,18)(H,16,17)/t8-,10+/m1/s1. The van der Waals surface area contributed by atoms with Crippen molar-refractivity contribution in [2.75, 3.05) is 13.2 Å². The highest BCUT2D eigenvalue weighted by atomic mass is 16.5. The van der Waals surface area contributed by atoms with Crippen molar-refractivity contribution in [3.8, 4) is 0 Å². The Kier molecular flexibility index (Phi) is 3.61. The van der Waals surface area contributed by atoms with Crippen LogP contribution in [0.5, 0.6) is 0 Å². The quantitative estimate of drug-likeness (QED) is 0.836. The number of ether oxygens (including phenoxy) is 1. The summed E-state index contributed by atoms with van der Waals surface area (Å²) >= 11 is 0. The van der Waals surface area contributed by atoms with Gasteiger partial charge in [0, 0.05) is 18.4 Å². The minimum atomic E-state index is -0.448. The molecule has 3 rings (SSSR count). The Labute approximate surface area is 119 Å². The third kappa shape index (κ3) is 3.05. The van der Waals surface area contributed by atoms with Crippen molar-refractivity contribution >= 4 is 5.91 Å². The molecule has 0 spiro atoms. The van der Waals surface area contributed by atoms with Gasteiger partial charge in [-0.25, -0.2) is 0 Å². The van der Waals surface area contributed by atoms with Crippen molar-refractivity contribution in [3.63, 3.8) is 0 Å². The lowest BCUT2D eigenvalue weighted by Gasteiger charge is -2.16. The number of H-pyrrole nitrogens is 1. The van der Waals surface area contributed by atoms with Crippen LogP contribution < -0.4 is 10.9 Å². The molecule has 2 aromatic rings. The first-order valence-electron chi connectivity index (χ1n) is 6.61. The second-order valence-electron chi connectivity index (χ2n) is 5.09. The molecule has 1 aliphatic heterocycles. The SMILES string of the molecule is Cc1cc(C[C@@H]2COC[C@@H]2NC(=O)c2cc(=O)[nH]o2)on1. The summed E-state index contributed by atoms with van der Waals surface area (Å²) in [5.41, 5.74) is 0.370. The van der Waals surface area contributed by atoms with Crippen LogP contribution in [0.1, 0.15) is 22.0 Å². The van der Waals surface area contributed by atoms with E-state index in [9.17, 15) is 9.59 Å². The molecule has 21 heavy (non-hydrogen) atoms. The van der Waals surface area contributed by atoms with Gasteiger partial charge in [0.05, 0.1) is 31.0 Å². The number of nitrogens with one attached hydrogen (secondary N) is 2. The van der Waals surface area contributed by atoms with Gasteiger partial charge in [-0.1, -0.05) is 5.16 Å². The number of hydrogen-bond acceptors (Lipinski definition) is 6. The highest BCUT2D eigenvalue weighted by Crippen LogP contribution is 2.20. The van der Waals surface area contributed by atoms with Crippen LogP contribution in [-0.4, -0.2) is 35.5 Å². The highest BCUT2D eigenvalue weighted by Gasteiger charge is 2.31. The summed E-state index contributed by atoms with van der Waals surface area (Å²) in [6.45, 7) is 2.80. The van der Waals surface area contributed by atoms with E-state index in [0.29, 0.717) is 19.6 Å². The van der Waals surface area contributed by atoms with Crippen molar-refractivity contribution in [2.24, 2.45) is 5.92 Å². The van der Waals surface area contributed by atoms with Gasteiger partial charge in [0.25, 0.3) is 11.5 Å². The van der Waals surface area contributed by atoms with Crippen LogP contribution in [0.25, 0.3) is 0 Å². The van der Waals surface area contributed by atoms with Crippen molar-refractivity contribution < 1.29 is 18.6 Å². The molecule has 0 unspecified atom stereocenters. The van der Waals surface area contributed by atoms with E-state index in [1.165, 1.54) is 0 Å². The summed E-state index contributed by atoms with van der Waals surface area (Å²) < 4.78 is 15.4. The number of aryl methyl sites for hydroxylation is 1. The molecular weight excluding hydrogens is 278 g/mol. The van der Waals surface area contributed by atoms with Gasteiger partial charge in [-0.3, -0.25) is 9.59 Å². The fraction of sp³-hybridized carbons (Fsp3) is 0.462. The zero-order valence-electron chi connectivity index (χ0n) is 11.4. The van der Waals surface area contributed by atoms with E-state index in [0.717, 1.165) is 17.5 Å². The highest BCUT2D eigenvalue weighted by molar-refractivity contribution is 5.91. The molecule has 0 radical (unpaired) electrons. The maximum Gasteiger partial charge on any atom is 0.290 e. The molecule has 0 bridgehead atoms. The monoisotopic (exact) mass is 293 g/mol. The lowest BCUT2D eigenvalue weighted by Crippen LogP contribution is -2.40. The normalized spacial score (nSPS) is 21.6. The number of aromatic amines is 1. The predicted molar refractivity (Wildman–Crippen MR) is 69.8 cm³/mol. The van der Waals surface area contributed by atoms with E-state index in [-0.39, 0.29) is 17.7 Å². The molecule has 112 valence electrons. The molecule has 3 heterocycles. The Morgan fingerprint density at radius 1 is 1.48 bits per heavy atom. The van der Waals surface area contributed by atoms with Crippen molar-refractivity contribution in [1.82, 2.24) is 15.6 Å². The Hall–Kier alpha value is -2.35. The van der Waals surface area contributed by atoms with Crippen molar-refractivity contribution in [2.45, 2.75) is 19.4 Å². The van der Waals surface area contributed by atoms with Crippen LogP contribution in [-0.2, 0) is 11.2 Å². The van der Waals surface area contributed by atoms with Crippen LogP contribution >= 0.6 is 0 Å². The summed E-state index contributed by atoms with van der Waals surface area (Å²) in [6.07, 6.45) is 0.628.